The van der Waals surface area contributed by atoms with E-state index in [0.29, 0.717) is 51.6 Å². The maximum Gasteiger partial charge on any atom is 0.265 e. The first-order valence-corrected chi connectivity index (χ1v) is 21.8. The van der Waals surface area contributed by atoms with Crippen LogP contribution in [0.2, 0.25) is 0 Å². The smallest absolute Gasteiger partial charge is 0.265 e. The molecule has 11 nitrogen and oxygen atoms in total. The molecule has 0 radical (unpaired) electrons. The van der Waals surface area contributed by atoms with E-state index in [2.05, 4.69) is 40.0 Å². The van der Waals surface area contributed by atoms with E-state index in [0.717, 1.165) is 66.7 Å². The summed E-state index contributed by atoms with van der Waals surface area (Å²) in [6, 6.07) is 44.1. The number of piperazine rings is 1. The third-order valence-electron chi connectivity index (χ3n) is 12.7. The summed E-state index contributed by atoms with van der Waals surface area (Å²) in [5.41, 5.74) is 7.74. The fraction of sp³-hybridized carbons (Fsp3) is 0.208. The van der Waals surface area contributed by atoms with E-state index in [1.54, 1.807) is 36.3 Å². The lowest BCUT2D eigenvalue weighted by Gasteiger charge is -2.41. The molecule has 10 rings (SSSR count). The maximum atomic E-state index is 15.7. The fourth-order valence-corrected chi connectivity index (χ4v) is 9.23. The molecular formula is C53H50N6O5. The molecular weight excluding hydrogens is 801 g/mol. The van der Waals surface area contributed by atoms with Gasteiger partial charge in [-0.15, -0.1) is 0 Å². The number of likely N-dealkylation sites (N-methyl/N-ethyl adjacent to an activating group) is 1. The van der Waals surface area contributed by atoms with Gasteiger partial charge in [0, 0.05) is 91.4 Å². The van der Waals surface area contributed by atoms with Crippen molar-refractivity contribution < 1.29 is 24.2 Å². The molecule has 2 aliphatic rings. The van der Waals surface area contributed by atoms with E-state index in [1.165, 1.54) is 5.56 Å². The SMILES string of the molecule is COc1cc(-n2cc(C(=O)N(c3ccc(O)cc3)c3ccc4[nH]ccc4c3)c3ccccc32)c(C(=O)N2Cc3ccccc3C[C@H]2CN2CCN(C)CC2)cc1OCc1ccccc1. The van der Waals surface area contributed by atoms with Crippen LogP contribution in [0.1, 0.15) is 37.4 Å². The summed E-state index contributed by atoms with van der Waals surface area (Å²) in [5.74, 6) is 0.582. The second-order valence-corrected chi connectivity index (χ2v) is 16.8. The number of ether oxygens (including phenoxy) is 2. The largest absolute Gasteiger partial charge is 0.508 e. The number of aromatic nitrogens is 2. The average molecular weight is 851 g/mol. The number of H-pyrrole nitrogens is 1. The van der Waals surface area contributed by atoms with Crippen LogP contribution in [0.4, 0.5) is 11.4 Å². The number of fused-ring (bicyclic) bond motifs is 3. The standard InChI is InChI=1S/C53H50N6O5/c1-55-24-26-56(27-25-55)33-42-28-37-12-6-7-13-39(37)32-57(42)52(61)45-30-51(64-35-36-10-4-3-5-11-36)50(63-2)31-49(45)58-34-46(44-14-8-9-15-48(44)58)53(62)59(40-16-19-43(60)20-17-40)41-18-21-47-38(29-41)22-23-54-47/h3-23,29-31,34,42,54,60H,24-28,32-33,35H2,1-2H3/t42-/m0/s1. The molecule has 0 aliphatic carbocycles. The van der Waals surface area contributed by atoms with Gasteiger partial charge in [-0.1, -0.05) is 72.8 Å². The van der Waals surface area contributed by atoms with Crippen LogP contribution in [-0.2, 0) is 19.6 Å². The molecule has 4 heterocycles. The van der Waals surface area contributed by atoms with Gasteiger partial charge < -0.3 is 33.9 Å². The van der Waals surface area contributed by atoms with Crippen LogP contribution >= 0.6 is 0 Å². The number of para-hydroxylation sites is 1. The van der Waals surface area contributed by atoms with Crippen LogP contribution in [0.5, 0.6) is 17.2 Å². The monoisotopic (exact) mass is 850 g/mol. The zero-order chi connectivity index (χ0) is 43.7. The predicted molar refractivity (Wildman–Crippen MR) is 251 cm³/mol. The number of aromatic amines is 1. The van der Waals surface area contributed by atoms with Gasteiger partial charge in [-0.2, -0.15) is 0 Å². The second-order valence-electron chi connectivity index (χ2n) is 16.8. The molecule has 0 saturated carbocycles. The fourth-order valence-electron chi connectivity index (χ4n) is 9.23. The van der Waals surface area contributed by atoms with Gasteiger partial charge in [0.25, 0.3) is 11.8 Å². The number of phenols is 1. The van der Waals surface area contributed by atoms with Crippen molar-refractivity contribution in [1.29, 1.82) is 0 Å². The number of carbonyl (C=O) groups excluding carboxylic acids is 2. The number of nitrogens with zero attached hydrogens (tertiary/aromatic N) is 5. The normalized spacial score (nSPS) is 15.6. The Bertz CT molecular complexity index is 2970. The van der Waals surface area contributed by atoms with Crippen molar-refractivity contribution in [2.24, 2.45) is 0 Å². The number of aromatic hydroxyl groups is 1. The molecule has 2 aliphatic heterocycles. The predicted octanol–water partition coefficient (Wildman–Crippen LogP) is 9.20. The summed E-state index contributed by atoms with van der Waals surface area (Å²) in [6.07, 6.45) is 4.44. The summed E-state index contributed by atoms with van der Waals surface area (Å²) >= 11 is 0. The zero-order valence-electron chi connectivity index (χ0n) is 36.0. The van der Waals surface area contributed by atoms with Crippen LogP contribution in [0.25, 0.3) is 27.5 Å². The van der Waals surface area contributed by atoms with Crippen molar-refractivity contribution in [1.82, 2.24) is 24.3 Å². The molecule has 1 saturated heterocycles. The minimum absolute atomic E-state index is 0.0794. The first kappa shape index (κ1) is 40.7. The first-order valence-electron chi connectivity index (χ1n) is 21.8. The Morgan fingerprint density at radius 1 is 0.766 bits per heavy atom. The van der Waals surface area contributed by atoms with Crippen molar-refractivity contribution in [2.75, 3.05) is 51.8 Å². The molecule has 2 amide bonds. The lowest BCUT2D eigenvalue weighted by molar-refractivity contribution is 0.0535. The van der Waals surface area contributed by atoms with Gasteiger partial charge >= 0.3 is 0 Å². The number of rotatable bonds is 11. The summed E-state index contributed by atoms with van der Waals surface area (Å²) in [6.45, 7) is 5.33. The Morgan fingerprint density at radius 2 is 1.50 bits per heavy atom. The number of methoxy groups -OCH3 is 1. The van der Waals surface area contributed by atoms with Gasteiger partial charge in [-0.05, 0) is 90.8 Å². The highest BCUT2D eigenvalue weighted by Gasteiger charge is 2.35. The van der Waals surface area contributed by atoms with Crippen molar-refractivity contribution >= 4 is 45.0 Å². The number of carbonyl (C=O) groups is 2. The molecule has 1 atom stereocenters. The highest BCUT2D eigenvalue weighted by molar-refractivity contribution is 6.18. The number of anilines is 2. The van der Waals surface area contributed by atoms with Gasteiger partial charge in [-0.25, -0.2) is 0 Å². The minimum atomic E-state index is -0.280. The molecule has 2 aromatic heterocycles. The van der Waals surface area contributed by atoms with Crippen LogP contribution in [0.3, 0.4) is 0 Å². The van der Waals surface area contributed by atoms with Crippen molar-refractivity contribution in [3.8, 4) is 22.9 Å². The van der Waals surface area contributed by atoms with Gasteiger partial charge in [-0.3, -0.25) is 19.4 Å². The lowest BCUT2D eigenvalue weighted by atomic mass is 9.92. The van der Waals surface area contributed by atoms with E-state index < -0.39 is 0 Å². The number of phenolic OH excluding ortho intramolecular Hbond substituents is 1. The molecule has 6 aromatic carbocycles. The molecule has 0 unspecified atom stereocenters. The Morgan fingerprint density at radius 3 is 2.30 bits per heavy atom. The van der Waals surface area contributed by atoms with Crippen molar-refractivity contribution in [2.45, 2.75) is 25.6 Å². The minimum Gasteiger partial charge on any atom is -0.508 e. The Labute approximate surface area is 372 Å². The molecule has 0 bridgehead atoms. The van der Waals surface area contributed by atoms with Crippen LogP contribution in [-0.4, -0.2) is 94.1 Å². The van der Waals surface area contributed by atoms with Crippen LogP contribution in [0.15, 0.2) is 152 Å². The van der Waals surface area contributed by atoms with Gasteiger partial charge in [0.15, 0.2) is 11.5 Å². The molecule has 0 spiro atoms. The Kier molecular flexibility index (Phi) is 11.1. The number of nitrogens with one attached hydrogen (secondary N) is 1. The summed E-state index contributed by atoms with van der Waals surface area (Å²) in [7, 11) is 3.76. The zero-order valence-corrected chi connectivity index (χ0v) is 36.0. The summed E-state index contributed by atoms with van der Waals surface area (Å²) in [4.78, 5) is 42.8. The maximum absolute atomic E-state index is 15.7. The second kappa shape index (κ2) is 17.4. The van der Waals surface area contributed by atoms with E-state index in [4.69, 9.17) is 9.47 Å². The molecule has 1 fully saturated rings. The summed E-state index contributed by atoms with van der Waals surface area (Å²) < 4.78 is 14.5. The van der Waals surface area contributed by atoms with E-state index in [-0.39, 0.29) is 30.2 Å². The summed E-state index contributed by atoms with van der Waals surface area (Å²) in [5, 5.41) is 11.9. The number of hydrogen-bond acceptors (Lipinski definition) is 7. The van der Waals surface area contributed by atoms with E-state index in [1.807, 2.05) is 119 Å². The first-order chi connectivity index (χ1) is 31.3. The molecule has 8 aromatic rings. The molecule has 64 heavy (non-hydrogen) atoms. The third kappa shape index (κ3) is 7.95. The van der Waals surface area contributed by atoms with Crippen LogP contribution < -0.4 is 14.4 Å². The van der Waals surface area contributed by atoms with E-state index in [9.17, 15) is 5.11 Å². The van der Waals surface area contributed by atoms with Crippen molar-refractivity contribution in [3.05, 3.63) is 180 Å². The van der Waals surface area contributed by atoms with Crippen molar-refractivity contribution in [3.63, 3.8) is 0 Å². The molecule has 11 heteroatoms. The average Bonchev–Trinajstić information content (AvgIpc) is 3.97. The molecule has 322 valence electrons. The van der Waals surface area contributed by atoms with E-state index >= 15 is 9.59 Å². The van der Waals surface area contributed by atoms with Gasteiger partial charge in [0.05, 0.1) is 29.4 Å². The number of benzene rings is 6. The van der Waals surface area contributed by atoms with Gasteiger partial charge in [0.1, 0.15) is 12.4 Å². The highest BCUT2D eigenvalue weighted by Crippen LogP contribution is 2.39. The van der Waals surface area contributed by atoms with Crippen LogP contribution in [0, 0.1) is 0 Å². The van der Waals surface area contributed by atoms with Gasteiger partial charge in [0.2, 0.25) is 0 Å². The third-order valence-corrected chi connectivity index (χ3v) is 12.7. The number of hydrogen-bond donors (Lipinski definition) is 2. The molecule has 2 N–H and O–H groups in total. The highest BCUT2D eigenvalue weighted by atomic mass is 16.5. The Hall–Kier alpha value is -7.34. The Balaban J connectivity index is 1.11. The quantitative estimate of drug-likeness (QED) is 0.134. The lowest BCUT2D eigenvalue weighted by Crippen LogP contribution is -2.53. The topological polar surface area (TPSA) is 107 Å². The number of amides is 2.